The number of amides is 1. The first-order chi connectivity index (χ1) is 21.1. The number of Topliss-reactive ketones (excluding diaryl/α,β-unsaturated/α-hetero) is 1. The van der Waals surface area contributed by atoms with Gasteiger partial charge in [0.15, 0.2) is 0 Å². The standard InChI is InChI=1S/C35H40F3N3O3/c1-3-40(32(43)23-27-13-8-14-28(22-27)35(36,37)38)21-19-39-31-16-7-10-25(2)30(18-17-26-11-5-4-6-12-26)34(44)33(31)41-20-9-15-29(41)24-42/h4-8,11-14,16,22,24,29,39H,3,9-10,15,17-21,23H2,1-2H3/b16-7+,30-25+,33-31-. The monoisotopic (exact) mass is 607 g/mol. The van der Waals surface area contributed by atoms with E-state index >= 15 is 0 Å². The third-order valence-corrected chi connectivity index (χ3v) is 8.26. The molecule has 4 rings (SSSR count). The molecule has 0 bridgehead atoms. The lowest BCUT2D eigenvalue weighted by atomic mass is 9.91. The molecule has 0 radical (unpaired) electrons. The quantitative estimate of drug-likeness (QED) is 0.298. The molecule has 0 aromatic heterocycles. The first-order valence-corrected chi connectivity index (χ1v) is 15.2. The molecular weight excluding hydrogens is 567 g/mol. The van der Waals surface area contributed by atoms with Crippen molar-refractivity contribution in [3.05, 3.63) is 106 Å². The van der Waals surface area contributed by atoms with E-state index in [0.29, 0.717) is 62.4 Å². The number of rotatable bonds is 12. The van der Waals surface area contributed by atoms with Crippen molar-refractivity contribution < 1.29 is 27.6 Å². The summed E-state index contributed by atoms with van der Waals surface area (Å²) in [6, 6.07) is 14.5. The van der Waals surface area contributed by atoms with Gasteiger partial charge in [0.2, 0.25) is 11.7 Å². The molecule has 6 nitrogen and oxygen atoms in total. The molecule has 1 N–H and O–H groups in total. The van der Waals surface area contributed by atoms with Gasteiger partial charge in [0.1, 0.15) is 12.0 Å². The molecule has 1 fully saturated rings. The zero-order chi connectivity index (χ0) is 31.7. The molecule has 1 unspecified atom stereocenters. The van der Waals surface area contributed by atoms with Gasteiger partial charge in [-0.2, -0.15) is 13.2 Å². The number of allylic oxidation sites excluding steroid dienone is 4. The second kappa shape index (κ2) is 15.0. The number of ketones is 1. The fourth-order valence-electron chi connectivity index (χ4n) is 5.82. The lowest BCUT2D eigenvalue weighted by Gasteiger charge is -2.30. The molecule has 2 aliphatic rings. The van der Waals surface area contributed by atoms with Gasteiger partial charge in [-0.25, -0.2) is 0 Å². The summed E-state index contributed by atoms with van der Waals surface area (Å²) in [5, 5.41) is 3.36. The lowest BCUT2D eigenvalue weighted by Crippen LogP contribution is -2.40. The molecule has 1 heterocycles. The van der Waals surface area contributed by atoms with Crippen molar-refractivity contribution in [2.45, 2.75) is 64.6 Å². The minimum absolute atomic E-state index is 0.0907. The van der Waals surface area contributed by atoms with E-state index in [4.69, 9.17) is 0 Å². The smallest absolute Gasteiger partial charge is 0.381 e. The third-order valence-electron chi connectivity index (χ3n) is 8.26. The topological polar surface area (TPSA) is 69.7 Å². The Hall–Kier alpha value is -4.14. The number of carbonyl (C=O) groups excluding carboxylic acids is 3. The number of aryl methyl sites for hydroxylation is 1. The highest BCUT2D eigenvalue weighted by Crippen LogP contribution is 2.31. The summed E-state index contributed by atoms with van der Waals surface area (Å²) in [6.45, 7) is 5.38. The molecule has 1 aliphatic carbocycles. The first kappa shape index (κ1) is 32.8. The number of likely N-dealkylation sites (N-methyl/N-ethyl adjacent to an activating group) is 1. The Balaban J connectivity index is 1.52. The number of nitrogens with one attached hydrogen (secondary N) is 1. The van der Waals surface area contributed by atoms with Crippen LogP contribution < -0.4 is 5.32 Å². The van der Waals surface area contributed by atoms with Gasteiger partial charge in [0, 0.05) is 31.8 Å². The highest BCUT2D eigenvalue weighted by molar-refractivity contribution is 6.09. The third kappa shape index (κ3) is 8.27. The maximum atomic E-state index is 14.3. The van der Waals surface area contributed by atoms with Crippen LogP contribution in [0.1, 0.15) is 56.2 Å². The average molecular weight is 608 g/mol. The number of halogens is 3. The van der Waals surface area contributed by atoms with E-state index in [2.05, 4.69) is 5.32 Å². The van der Waals surface area contributed by atoms with Crippen LogP contribution in [-0.4, -0.2) is 60.0 Å². The Kier molecular flexibility index (Phi) is 11.2. The Labute approximate surface area is 257 Å². The van der Waals surface area contributed by atoms with Crippen LogP contribution in [0.2, 0.25) is 0 Å². The summed E-state index contributed by atoms with van der Waals surface area (Å²) < 4.78 is 39.4. The molecule has 2 aromatic carbocycles. The van der Waals surface area contributed by atoms with Crippen molar-refractivity contribution in [3.63, 3.8) is 0 Å². The second-order valence-corrected chi connectivity index (χ2v) is 11.3. The molecule has 0 saturated carbocycles. The number of hydrogen-bond donors (Lipinski definition) is 1. The summed E-state index contributed by atoms with van der Waals surface area (Å²) in [6.07, 6.45) is 3.55. The van der Waals surface area contributed by atoms with Crippen molar-refractivity contribution in [2.24, 2.45) is 0 Å². The second-order valence-electron chi connectivity index (χ2n) is 11.3. The Morgan fingerprint density at radius 2 is 1.84 bits per heavy atom. The van der Waals surface area contributed by atoms with Gasteiger partial charge >= 0.3 is 6.18 Å². The lowest BCUT2D eigenvalue weighted by molar-refractivity contribution is -0.138. The van der Waals surface area contributed by atoms with Crippen LogP contribution in [0.15, 0.2) is 89.3 Å². The summed E-state index contributed by atoms with van der Waals surface area (Å²) in [7, 11) is 0. The van der Waals surface area contributed by atoms with Crippen LogP contribution in [0.5, 0.6) is 0 Å². The highest BCUT2D eigenvalue weighted by Gasteiger charge is 2.34. The fraction of sp³-hybridized carbons (Fsp3) is 0.400. The molecule has 44 heavy (non-hydrogen) atoms. The van der Waals surface area contributed by atoms with Gasteiger partial charge in [-0.15, -0.1) is 0 Å². The van der Waals surface area contributed by atoms with Crippen molar-refractivity contribution in [3.8, 4) is 0 Å². The molecule has 9 heteroatoms. The Morgan fingerprint density at radius 1 is 1.09 bits per heavy atom. The number of hydrogen-bond acceptors (Lipinski definition) is 5. The molecular formula is C35H40F3N3O3. The van der Waals surface area contributed by atoms with E-state index in [1.807, 2.05) is 61.2 Å². The van der Waals surface area contributed by atoms with Crippen molar-refractivity contribution in [2.75, 3.05) is 26.2 Å². The van der Waals surface area contributed by atoms with Crippen LogP contribution in [0, 0.1) is 0 Å². The van der Waals surface area contributed by atoms with Crippen LogP contribution in [0.3, 0.4) is 0 Å². The van der Waals surface area contributed by atoms with Crippen LogP contribution in [0.4, 0.5) is 13.2 Å². The van der Waals surface area contributed by atoms with E-state index in [9.17, 15) is 27.6 Å². The van der Waals surface area contributed by atoms with E-state index in [1.165, 1.54) is 12.1 Å². The van der Waals surface area contributed by atoms with E-state index in [-0.39, 0.29) is 18.1 Å². The molecule has 1 aliphatic heterocycles. The maximum absolute atomic E-state index is 14.3. The zero-order valence-electron chi connectivity index (χ0n) is 25.3. The van der Waals surface area contributed by atoms with Crippen molar-refractivity contribution in [1.82, 2.24) is 15.1 Å². The average Bonchev–Trinajstić information content (AvgIpc) is 3.47. The highest BCUT2D eigenvalue weighted by atomic mass is 19.4. The van der Waals surface area contributed by atoms with E-state index < -0.39 is 17.8 Å². The fourth-order valence-corrected chi connectivity index (χ4v) is 5.82. The van der Waals surface area contributed by atoms with Gasteiger partial charge in [-0.1, -0.05) is 60.2 Å². The molecule has 1 amide bonds. The van der Waals surface area contributed by atoms with Gasteiger partial charge in [-0.05, 0) is 69.2 Å². The van der Waals surface area contributed by atoms with Crippen LogP contribution >= 0.6 is 0 Å². The SMILES string of the molecule is CCN(CCNC1=C(\N2CCCC2C=O)C(=O)/C(CCc2ccccc2)=C(\C)C\C=C\1)C(=O)Cc1cccc(C(F)(F)F)c1. The number of likely N-dealkylation sites (tertiary alicyclic amines) is 1. The molecule has 1 saturated heterocycles. The number of carbonyl (C=O) groups is 3. The van der Waals surface area contributed by atoms with Gasteiger partial charge in [-0.3, -0.25) is 9.59 Å². The predicted molar refractivity (Wildman–Crippen MR) is 164 cm³/mol. The summed E-state index contributed by atoms with van der Waals surface area (Å²) in [5.74, 6) is -0.374. The minimum Gasteiger partial charge on any atom is -0.381 e. The Morgan fingerprint density at radius 3 is 2.55 bits per heavy atom. The van der Waals surface area contributed by atoms with Crippen LogP contribution in [-0.2, 0) is 33.4 Å². The summed E-state index contributed by atoms with van der Waals surface area (Å²) in [5.41, 5.74) is 3.48. The Bertz CT molecular complexity index is 1430. The molecule has 2 aromatic rings. The normalized spacial score (nSPS) is 21.5. The molecule has 1 atom stereocenters. The van der Waals surface area contributed by atoms with Crippen LogP contribution in [0.25, 0.3) is 0 Å². The first-order valence-electron chi connectivity index (χ1n) is 15.2. The summed E-state index contributed by atoms with van der Waals surface area (Å²) in [4.78, 5) is 42.8. The van der Waals surface area contributed by atoms with E-state index in [1.54, 1.807) is 4.90 Å². The maximum Gasteiger partial charge on any atom is 0.416 e. The van der Waals surface area contributed by atoms with Gasteiger partial charge < -0.3 is 19.9 Å². The molecule has 0 spiro atoms. The van der Waals surface area contributed by atoms with Crippen molar-refractivity contribution in [1.29, 1.82) is 0 Å². The summed E-state index contributed by atoms with van der Waals surface area (Å²) >= 11 is 0. The molecule has 234 valence electrons. The zero-order valence-corrected chi connectivity index (χ0v) is 25.3. The van der Waals surface area contributed by atoms with Gasteiger partial charge in [0.05, 0.1) is 23.7 Å². The minimum atomic E-state index is -4.48. The van der Waals surface area contributed by atoms with Gasteiger partial charge in [0.25, 0.3) is 0 Å². The largest absolute Gasteiger partial charge is 0.416 e. The van der Waals surface area contributed by atoms with Crippen molar-refractivity contribution >= 4 is 18.0 Å². The van der Waals surface area contributed by atoms with E-state index in [0.717, 1.165) is 48.0 Å². The number of alkyl halides is 3. The number of nitrogens with zero attached hydrogens (tertiary/aromatic N) is 2. The number of aldehydes is 1. The number of benzene rings is 2. The predicted octanol–water partition coefficient (Wildman–Crippen LogP) is 6.04.